The summed E-state index contributed by atoms with van der Waals surface area (Å²) in [5, 5.41) is 3.21. The number of carbonyl (C=O) groups excluding carboxylic acids is 2. The first kappa shape index (κ1) is 16.4. The average molecular weight is 389 g/mol. The van der Waals surface area contributed by atoms with Crippen LogP contribution in [0.3, 0.4) is 0 Å². The molecule has 0 atom stereocenters. The Kier molecular flexibility index (Phi) is 4.24. The molecule has 0 saturated heterocycles. The Morgan fingerprint density at radius 3 is 2.58 bits per heavy atom. The lowest BCUT2D eigenvalue weighted by Crippen LogP contribution is -2.12. The van der Waals surface area contributed by atoms with Crippen molar-refractivity contribution in [2.24, 2.45) is 0 Å². The summed E-state index contributed by atoms with van der Waals surface area (Å²) in [7, 11) is 0. The number of halogens is 2. The van der Waals surface area contributed by atoms with Gasteiger partial charge in [-0.15, -0.1) is 0 Å². The number of nitrogens with one attached hydrogen (secondary N) is 1. The molecule has 1 N–H and O–H groups in total. The predicted molar refractivity (Wildman–Crippen MR) is 95.0 cm³/mol. The van der Waals surface area contributed by atoms with Crippen molar-refractivity contribution in [2.75, 3.05) is 5.32 Å². The minimum absolute atomic E-state index is 0.245. The van der Waals surface area contributed by atoms with Gasteiger partial charge in [0.15, 0.2) is 0 Å². The number of anilines is 1. The first-order valence-electron chi connectivity index (χ1n) is 7.26. The largest absolute Gasteiger partial charge is 0.322 e. The van der Waals surface area contributed by atoms with E-state index >= 15 is 0 Å². The van der Waals surface area contributed by atoms with Crippen molar-refractivity contribution in [1.82, 2.24) is 4.57 Å². The van der Waals surface area contributed by atoms with Gasteiger partial charge in [0.2, 0.25) is 5.91 Å². The van der Waals surface area contributed by atoms with Crippen LogP contribution in [0.4, 0.5) is 10.1 Å². The Labute approximate surface area is 146 Å². The quantitative estimate of drug-likeness (QED) is 0.687. The molecule has 0 unspecified atom stereocenters. The van der Waals surface area contributed by atoms with E-state index in [1.54, 1.807) is 6.07 Å². The van der Waals surface area contributed by atoms with Gasteiger partial charge in [0.1, 0.15) is 5.82 Å². The van der Waals surface area contributed by atoms with E-state index in [0.717, 1.165) is 10.0 Å². The molecule has 24 heavy (non-hydrogen) atoms. The van der Waals surface area contributed by atoms with Gasteiger partial charge < -0.3 is 5.32 Å². The standard InChI is InChI=1S/C18H14BrFN2O2/c1-10-7-12(19)3-5-16(10)21-18(24)15-9-22(11(2)23)17-6-4-13(20)8-14(15)17/h3-9H,1-2H3,(H,21,24). The molecule has 3 rings (SSSR count). The van der Waals surface area contributed by atoms with Crippen molar-refractivity contribution in [3.63, 3.8) is 0 Å². The van der Waals surface area contributed by atoms with E-state index in [0.29, 0.717) is 16.6 Å². The molecule has 1 amide bonds. The highest BCUT2D eigenvalue weighted by Gasteiger charge is 2.18. The molecule has 122 valence electrons. The maximum atomic E-state index is 13.6. The Morgan fingerprint density at radius 2 is 1.92 bits per heavy atom. The molecular weight excluding hydrogens is 375 g/mol. The van der Waals surface area contributed by atoms with Crippen LogP contribution in [-0.4, -0.2) is 16.4 Å². The second-order valence-electron chi connectivity index (χ2n) is 5.51. The number of benzene rings is 2. The number of fused-ring (bicyclic) bond motifs is 1. The summed E-state index contributed by atoms with van der Waals surface area (Å²) in [5.41, 5.74) is 2.30. The molecule has 1 heterocycles. The first-order valence-corrected chi connectivity index (χ1v) is 8.05. The second kappa shape index (κ2) is 6.20. The van der Waals surface area contributed by atoms with E-state index in [1.807, 2.05) is 19.1 Å². The molecule has 1 aromatic heterocycles. The van der Waals surface area contributed by atoms with Crippen LogP contribution in [-0.2, 0) is 0 Å². The maximum Gasteiger partial charge on any atom is 0.257 e. The van der Waals surface area contributed by atoms with E-state index in [-0.39, 0.29) is 11.5 Å². The molecular formula is C18H14BrFN2O2. The first-order chi connectivity index (χ1) is 11.4. The Hall–Kier alpha value is -2.47. The smallest absolute Gasteiger partial charge is 0.257 e. The number of aryl methyl sites for hydroxylation is 1. The van der Waals surface area contributed by atoms with Crippen LogP contribution in [0.5, 0.6) is 0 Å². The highest BCUT2D eigenvalue weighted by molar-refractivity contribution is 9.10. The van der Waals surface area contributed by atoms with Crippen LogP contribution in [0.2, 0.25) is 0 Å². The van der Waals surface area contributed by atoms with E-state index in [2.05, 4.69) is 21.2 Å². The molecule has 0 bridgehead atoms. The lowest BCUT2D eigenvalue weighted by atomic mass is 10.1. The normalized spacial score (nSPS) is 10.8. The van der Waals surface area contributed by atoms with Crippen LogP contribution < -0.4 is 5.32 Å². The van der Waals surface area contributed by atoms with Gasteiger partial charge in [-0.1, -0.05) is 15.9 Å². The van der Waals surface area contributed by atoms with Crippen molar-refractivity contribution in [1.29, 1.82) is 0 Å². The van der Waals surface area contributed by atoms with Gasteiger partial charge in [0.05, 0.1) is 11.1 Å². The molecule has 6 heteroatoms. The van der Waals surface area contributed by atoms with Crippen LogP contribution in [0.15, 0.2) is 47.1 Å². The molecule has 0 fully saturated rings. The molecule has 0 aliphatic heterocycles. The van der Waals surface area contributed by atoms with Crippen molar-refractivity contribution in [2.45, 2.75) is 13.8 Å². The zero-order chi connectivity index (χ0) is 17.4. The summed E-state index contributed by atoms with van der Waals surface area (Å²) >= 11 is 3.37. The average Bonchev–Trinajstić information content (AvgIpc) is 2.89. The monoisotopic (exact) mass is 388 g/mol. The van der Waals surface area contributed by atoms with Gasteiger partial charge >= 0.3 is 0 Å². The van der Waals surface area contributed by atoms with E-state index < -0.39 is 11.7 Å². The van der Waals surface area contributed by atoms with Gasteiger partial charge in [-0.3, -0.25) is 14.2 Å². The van der Waals surface area contributed by atoms with Gasteiger partial charge in [-0.25, -0.2) is 4.39 Å². The van der Waals surface area contributed by atoms with E-state index in [9.17, 15) is 14.0 Å². The molecule has 0 radical (unpaired) electrons. The molecule has 2 aromatic carbocycles. The van der Waals surface area contributed by atoms with Crippen LogP contribution >= 0.6 is 15.9 Å². The summed E-state index contributed by atoms with van der Waals surface area (Å²) < 4.78 is 15.9. The highest BCUT2D eigenvalue weighted by Crippen LogP contribution is 2.25. The predicted octanol–water partition coefficient (Wildman–Crippen LogP) is 4.76. The molecule has 0 aliphatic carbocycles. The van der Waals surface area contributed by atoms with Crippen LogP contribution in [0.25, 0.3) is 10.9 Å². The van der Waals surface area contributed by atoms with Gasteiger partial charge in [0.25, 0.3) is 5.91 Å². The maximum absolute atomic E-state index is 13.6. The van der Waals surface area contributed by atoms with Gasteiger partial charge in [0, 0.05) is 28.7 Å². The molecule has 0 saturated carbocycles. The number of carbonyl (C=O) groups is 2. The Balaban J connectivity index is 2.06. The third-order valence-electron chi connectivity index (χ3n) is 3.79. The topological polar surface area (TPSA) is 51.1 Å². The highest BCUT2D eigenvalue weighted by atomic mass is 79.9. The number of amides is 1. The second-order valence-corrected chi connectivity index (χ2v) is 6.42. The summed E-state index contributed by atoms with van der Waals surface area (Å²) in [6.45, 7) is 3.27. The van der Waals surface area contributed by atoms with Crippen LogP contribution in [0.1, 0.15) is 27.6 Å². The third kappa shape index (κ3) is 2.97. The minimum atomic E-state index is -0.460. The lowest BCUT2D eigenvalue weighted by Gasteiger charge is -2.08. The third-order valence-corrected chi connectivity index (χ3v) is 4.28. The number of hydrogen-bond donors (Lipinski definition) is 1. The number of hydrogen-bond acceptors (Lipinski definition) is 2. The fraction of sp³-hybridized carbons (Fsp3) is 0.111. The summed E-state index contributed by atoms with van der Waals surface area (Å²) in [5.74, 6) is -1.10. The van der Waals surface area contributed by atoms with Gasteiger partial charge in [-0.2, -0.15) is 0 Å². The molecule has 0 aliphatic rings. The van der Waals surface area contributed by atoms with E-state index in [4.69, 9.17) is 0 Å². The summed E-state index contributed by atoms with van der Waals surface area (Å²) in [6.07, 6.45) is 1.44. The van der Waals surface area contributed by atoms with E-state index in [1.165, 1.54) is 35.9 Å². The summed E-state index contributed by atoms with van der Waals surface area (Å²) in [4.78, 5) is 24.4. The number of nitrogens with zero attached hydrogens (tertiary/aromatic N) is 1. The van der Waals surface area contributed by atoms with Crippen LogP contribution in [0, 0.1) is 12.7 Å². The Bertz CT molecular complexity index is 979. The zero-order valence-electron chi connectivity index (χ0n) is 13.1. The fourth-order valence-electron chi connectivity index (χ4n) is 2.60. The van der Waals surface area contributed by atoms with Crippen molar-refractivity contribution in [3.8, 4) is 0 Å². The molecule has 3 aromatic rings. The number of aromatic nitrogens is 1. The number of rotatable bonds is 2. The SMILES string of the molecule is CC(=O)n1cc(C(=O)Nc2ccc(Br)cc2C)c2cc(F)ccc21. The summed E-state index contributed by atoms with van der Waals surface area (Å²) in [6, 6.07) is 9.51. The van der Waals surface area contributed by atoms with Crippen molar-refractivity contribution in [3.05, 3.63) is 64.0 Å². The fourth-order valence-corrected chi connectivity index (χ4v) is 3.08. The Morgan fingerprint density at radius 1 is 1.17 bits per heavy atom. The lowest BCUT2D eigenvalue weighted by molar-refractivity contribution is 0.0941. The minimum Gasteiger partial charge on any atom is -0.322 e. The molecule has 0 spiro atoms. The van der Waals surface area contributed by atoms with Gasteiger partial charge in [-0.05, 0) is 48.9 Å². The van der Waals surface area contributed by atoms with Crippen molar-refractivity contribution >= 4 is 44.3 Å². The zero-order valence-corrected chi connectivity index (χ0v) is 14.6. The molecule has 4 nitrogen and oxygen atoms in total. The van der Waals surface area contributed by atoms with Crippen molar-refractivity contribution < 1.29 is 14.0 Å².